The fourth-order valence-corrected chi connectivity index (χ4v) is 4.74. The van der Waals surface area contributed by atoms with Crippen LogP contribution in [0.4, 0.5) is 0 Å². The first-order valence-corrected chi connectivity index (χ1v) is 9.78. The molecule has 26 heavy (non-hydrogen) atoms. The lowest BCUT2D eigenvalue weighted by molar-refractivity contribution is -0.188. The van der Waals surface area contributed by atoms with E-state index in [-0.39, 0.29) is 34.9 Å². The predicted octanol–water partition coefficient (Wildman–Crippen LogP) is 2.08. The van der Waals surface area contributed by atoms with E-state index >= 15 is 0 Å². The highest BCUT2D eigenvalue weighted by Gasteiger charge is 2.58. The molecule has 0 aromatic carbocycles. The van der Waals surface area contributed by atoms with E-state index < -0.39 is 0 Å². The van der Waals surface area contributed by atoms with Gasteiger partial charge in [0.2, 0.25) is 0 Å². The molecule has 2 N–H and O–H groups in total. The van der Waals surface area contributed by atoms with Gasteiger partial charge in [-0.1, -0.05) is 13.8 Å². The first-order valence-electron chi connectivity index (χ1n) is 9.78. The Morgan fingerprint density at radius 1 is 1.23 bits per heavy atom. The molecule has 3 fully saturated rings. The molecule has 0 amide bonds. The maximum atomic E-state index is 6.01. The number of hydrogen-bond donors (Lipinski definition) is 2. The summed E-state index contributed by atoms with van der Waals surface area (Å²) in [6.07, 6.45) is 2.81. The lowest BCUT2D eigenvalue weighted by atomic mass is 9.55. The zero-order chi connectivity index (χ0) is 18.1. The molecule has 6 nitrogen and oxygen atoms in total. The van der Waals surface area contributed by atoms with Crippen molar-refractivity contribution >= 4 is 29.9 Å². The summed E-state index contributed by atoms with van der Waals surface area (Å²) in [4.78, 5) is 6.97. The Bertz CT molecular complexity index is 492. The zero-order valence-electron chi connectivity index (χ0n) is 17.0. The molecule has 3 atom stereocenters. The molecule has 0 aromatic rings. The summed E-state index contributed by atoms with van der Waals surface area (Å²) in [5.41, 5.74) is 0.232. The van der Waals surface area contributed by atoms with Crippen molar-refractivity contribution in [1.29, 1.82) is 0 Å². The summed E-state index contributed by atoms with van der Waals surface area (Å²) in [5.74, 6) is 1.51. The Morgan fingerprint density at radius 2 is 1.92 bits per heavy atom. The quantitative estimate of drug-likeness (QED) is 0.367. The van der Waals surface area contributed by atoms with Crippen molar-refractivity contribution in [3.8, 4) is 0 Å². The molecule has 2 aliphatic heterocycles. The molecular weight excluding hydrogens is 443 g/mol. The van der Waals surface area contributed by atoms with Crippen LogP contribution >= 0.6 is 24.0 Å². The van der Waals surface area contributed by atoms with Crippen LogP contribution in [0.15, 0.2) is 4.99 Å². The fraction of sp³-hybridized carbons (Fsp3) is 0.947. The molecule has 0 radical (unpaired) electrons. The van der Waals surface area contributed by atoms with E-state index in [1.54, 1.807) is 0 Å². The molecule has 0 aromatic heterocycles. The van der Waals surface area contributed by atoms with Crippen molar-refractivity contribution in [3.63, 3.8) is 0 Å². The molecule has 1 aliphatic carbocycles. The second kappa shape index (κ2) is 8.92. The van der Waals surface area contributed by atoms with Gasteiger partial charge in [-0.25, -0.2) is 0 Å². The second-order valence-corrected chi connectivity index (χ2v) is 8.88. The van der Waals surface area contributed by atoms with E-state index in [1.165, 1.54) is 12.8 Å². The number of ether oxygens (including phenoxy) is 2. The fourth-order valence-electron chi connectivity index (χ4n) is 4.74. The van der Waals surface area contributed by atoms with Gasteiger partial charge in [0.25, 0.3) is 0 Å². The van der Waals surface area contributed by atoms with Crippen LogP contribution in [0, 0.1) is 11.3 Å². The van der Waals surface area contributed by atoms with E-state index in [0.29, 0.717) is 18.1 Å². The van der Waals surface area contributed by atoms with Crippen molar-refractivity contribution in [2.75, 3.05) is 46.5 Å². The summed E-state index contributed by atoms with van der Waals surface area (Å²) >= 11 is 0. The predicted molar refractivity (Wildman–Crippen MR) is 116 cm³/mol. The molecule has 152 valence electrons. The second-order valence-electron chi connectivity index (χ2n) is 8.88. The summed E-state index contributed by atoms with van der Waals surface area (Å²) in [6, 6.07) is 0.426. The summed E-state index contributed by atoms with van der Waals surface area (Å²) in [6.45, 7) is 14.6. The molecule has 0 spiro atoms. The van der Waals surface area contributed by atoms with Crippen molar-refractivity contribution < 1.29 is 9.47 Å². The smallest absolute Gasteiger partial charge is 0.191 e. The SMILES string of the molecule is CN=C(NCC(C)(C)N1CCOCC1)NC1C2CCCOC2C1(C)C.I. The lowest BCUT2D eigenvalue weighted by Crippen LogP contribution is -2.71. The average Bonchev–Trinajstić information content (AvgIpc) is 2.62. The molecule has 3 unspecified atom stereocenters. The van der Waals surface area contributed by atoms with Crippen LogP contribution in [-0.2, 0) is 9.47 Å². The number of morpholine rings is 1. The van der Waals surface area contributed by atoms with Crippen LogP contribution in [0.3, 0.4) is 0 Å². The van der Waals surface area contributed by atoms with Gasteiger partial charge in [-0.3, -0.25) is 9.89 Å². The highest BCUT2D eigenvalue weighted by Crippen LogP contribution is 2.51. The van der Waals surface area contributed by atoms with E-state index in [2.05, 4.69) is 48.2 Å². The van der Waals surface area contributed by atoms with E-state index in [4.69, 9.17) is 9.47 Å². The third-order valence-corrected chi connectivity index (χ3v) is 6.40. The van der Waals surface area contributed by atoms with Gasteiger partial charge in [-0.05, 0) is 26.7 Å². The number of fused-ring (bicyclic) bond motifs is 1. The third-order valence-electron chi connectivity index (χ3n) is 6.40. The Hall–Kier alpha value is -0.120. The van der Waals surface area contributed by atoms with Crippen LogP contribution in [0.1, 0.15) is 40.5 Å². The summed E-state index contributed by atoms with van der Waals surface area (Å²) in [7, 11) is 1.86. The van der Waals surface area contributed by atoms with Crippen molar-refractivity contribution in [2.24, 2.45) is 16.3 Å². The van der Waals surface area contributed by atoms with Crippen molar-refractivity contribution in [1.82, 2.24) is 15.5 Å². The minimum atomic E-state index is 0. The minimum absolute atomic E-state index is 0. The standard InChI is InChI=1S/C19H36N4O2.HI/c1-18(2,23-8-11-24-12-9-23)13-21-17(20-5)22-15-14-7-6-10-25-16(14)19(15,3)4;/h14-16H,6-13H2,1-5H3,(H2,20,21,22);1H. The van der Waals surface area contributed by atoms with E-state index in [0.717, 1.165) is 45.4 Å². The van der Waals surface area contributed by atoms with Gasteiger partial charge in [0.15, 0.2) is 5.96 Å². The van der Waals surface area contributed by atoms with E-state index in [1.807, 2.05) is 7.05 Å². The number of rotatable bonds is 4. The van der Waals surface area contributed by atoms with Gasteiger partial charge in [0.1, 0.15) is 0 Å². The molecule has 2 heterocycles. The average molecular weight is 480 g/mol. The molecule has 0 bridgehead atoms. The zero-order valence-corrected chi connectivity index (χ0v) is 19.3. The molecule has 3 rings (SSSR count). The van der Waals surface area contributed by atoms with Crippen molar-refractivity contribution in [3.05, 3.63) is 0 Å². The Kier molecular flexibility index (Phi) is 7.61. The number of nitrogens with one attached hydrogen (secondary N) is 2. The number of nitrogens with zero attached hydrogens (tertiary/aromatic N) is 2. The van der Waals surface area contributed by atoms with Crippen LogP contribution in [0.2, 0.25) is 0 Å². The van der Waals surface area contributed by atoms with Crippen LogP contribution in [-0.4, -0.2) is 75.0 Å². The maximum Gasteiger partial charge on any atom is 0.191 e. The number of hydrogen-bond acceptors (Lipinski definition) is 4. The van der Waals surface area contributed by atoms with E-state index in [9.17, 15) is 0 Å². The third kappa shape index (κ3) is 4.47. The summed E-state index contributed by atoms with van der Waals surface area (Å²) in [5, 5.41) is 7.24. The minimum Gasteiger partial charge on any atom is -0.379 e. The molecule has 1 saturated carbocycles. The van der Waals surface area contributed by atoms with Crippen LogP contribution in [0.25, 0.3) is 0 Å². The highest BCUT2D eigenvalue weighted by atomic mass is 127. The maximum absolute atomic E-state index is 6.01. The topological polar surface area (TPSA) is 58.1 Å². The lowest BCUT2D eigenvalue weighted by Gasteiger charge is -2.60. The van der Waals surface area contributed by atoms with Gasteiger partial charge in [0, 0.05) is 56.2 Å². The van der Waals surface area contributed by atoms with Crippen molar-refractivity contribution in [2.45, 2.75) is 58.2 Å². The van der Waals surface area contributed by atoms with Crippen LogP contribution in [0.5, 0.6) is 0 Å². The monoisotopic (exact) mass is 480 g/mol. The highest BCUT2D eigenvalue weighted by molar-refractivity contribution is 14.0. The first-order chi connectivity index (χ1) is 11.9. The first kappa shape index (κ1) is 22.2. The molecule has 2 saturated heterocycles. The van der Waals surface area contributed by atoms with Gasteiger partial charge in [-0.2, -0.15) is 0 Å². The largest absolute Gasteiger partial charge is 0.379 e. The number of aliphatic imine (C=N–C) groups is 1. The van der Waals surface area contributed by atoms with Gasteiger partial charge >= 0.3 is 0 Å². The molecule has 3 aliphatic rings. The van der Waals surface area contributed by atoms with Gasteiger partial charge < -0.3 is 20.1 Å². The van der Waals surface area contributed by atoms with Gasteiger partial charge in [0.05, 0.1) is 19.3 Å². The Balaban J connectivity index is 0.00000243. The Morgan fingerprint density at radius 3 is 2.58 bits per heavy atom. The molecule has 7 heteroatoms. The Labute approximate surface area is 175 Å². The summed E-state index contributed by atoms with van der Waals surface area (Å²) < 4.78 is 11.5. The molecular formula is C19H37IN4O2. The number of halogens is 1. The van der Waals surface area contributed by atoms with Crippen LogP contribution < -0.4 is 10.6 Å². The number of guanidine groups is 1. The normalized spacial score (nSPS) is 32.0. The van der Waals surface area contributed by atoms with Gasteiger partial charge in [-0.15, -0.1) is 24.0 Å².